The molecule has 0 aliphatic carbocycles. The van der Waals surface area contributed by atoms with Crippen LogP contribution in [0.15, 0.2) is 23.1 Å². The third-order valence-corrected chi connectivity index (χ3v) is 2.48. The minimum Gasteiger partial charge on any atom is -0.477 e. The van der Waals surface area contributed by atoms with Gasteiger partial charge in [0, 0.05) is 6.20 Å². The van der Waals surface area contributed by atoms with Crippen LogP contribution >= 0.6 is 11.6 Å². The summed E-state index contributed by atoms with van der Waals surface area (Å²) in [6.07, 6.45) is 0.998. The number of benzene rings is 1. The van der Waals surface area contributed by atoms with Crippen LogP contribution in [0.5, 0.6) is 0 Å². The normalized spacial score (nSPS) is 10.6. The molecule has 0 unspecified atom stereocenters. The maximum atomic E-state index is 13.4. The second-order valence-electron chi connectivity index (χ2n) is 3.12. The van der Waals surface area contributed by atoms with Crippen molar-refractivity contribution in [2.75, 3.05) is 0 Å². The molecule has 1 aromatic heterocycles. The van der Waals surface area contributed by atoms with Gasteiger partial charge in [0.25, 0.3) is 0 Å². The van der Waals surface area contributed by atoms with E-state index in [0.717, 1.165) is 12.3 Å². The first kappa shape index (κ1) is 10.6. The molecule has 0 atom stereocenters. The first-order valence-electron chi connectivity index (χ1n) is 4.25. The van der Waals surface area contributed by atoms with E-state index in [2.05, 4.69) is 4.98 Å². The van der Waals surface area contributed by atoms with Gasteiger partial charge in [0.2, 0.25) is 5.43 Å². The summed E-state index contributed by atoms with van der Waals surface area (Å²) in [4.78, 5) is 24.8. The van der Waals surface area contributed by atoms with E-state index in [1.54, 1.807) is 0 Å². The molecule has 0 bridgehead atoms. The van der Waals surface area contributed by atoms with E-state index in [0.29, 0.717) is 0 Å². The molecule has 0 spiro atoms. The Morgan fingerprint density at radius 1 is 1.44 bits per heavy atom. The predicted octanol–water partition coefficient (Wildman–Crippen LogP) is 2.02. The summed E-state index contributed by atoms with van der Waals surface area (Å²) >= 11 is 5.75. The van der Waals surface area contributed by atoms with E-state index >= 15 is 0 Å². The van der Waals surface area contributed by atoms with Gasteiger partial charge in [-0.2, -0.15) is 0 Å². The summed E-state index contributed by atoms with van der Waals surface area (Å²) in [5.41, 5.74) is -1.31. The topological polar surface area (TPSA) is 70.2 Å². The lowest BCUT2D eigenvalue weighted by Crippen LogP contribution is -2.16. The number of hydrogen-bond donors (Lipinski definition) is 2. The number of pyridine rings is 1. The van der Waals surface area contributed by atoms with Gasteiger partial charge >= 0.3 is 5.97 Å². The third-order valence-electron chi connectivity index (χ3n) is 2.17. The third kappa shape index (κ3) is 1.45. The van der Waals surface area contributed by atoms with Crippen LogP contribution in [0, 0.1) is 5.82 Å². The fraction of sp³-hybridized carbons (Fsp3) is 0. The molecular formula is C10H5ClFNO3. The number of fused-ring (bicyclic) bond motifs is 1. The number of rotatable bonds is 1. The number of carbonyl (C=O) groups is 1. The molecule has 0 saturated heterocycles. The Morgan fingerprint density at radius 2 is 2.12 bits per heavy atom. The Labute approximate surface area is 93.3 Å². The lowest BCUT2D eigenvalue weighted by molar-refractivity contribution is 0.0695. The van der Waals surface area contributed by atoms with Crippen molar-refractivity contribution >= 4 is 28.5 Å². The average molecular weight is 242 g/mol. The first-order chi connectivity index (χ1) is 7.52. The first-order valence-corrected chi connectivity index (χ1v) is 4.63. The monoisotopic (exact) mass is 241 g/mol. The molecular weight excluding hydrogens is 237 g/mol. The summed E-state index contributed by atoms with van der Waals surface area (Å²) in [5.74, 6) is -2.22. The van der Waals surface area contributed by atoms with Gasteiger partial charge in [0.1, 0.15) is 11.4 Å². The summed E-state index contributed by atoms with van der Waals surface area (Å²) in [5, 5.41) is 8.53. The molecule has 1 aromatic carbocycles. The maximum absolute atomic E-state index is 13.4. The molecule has 4 nitrogen and oxygen atoms in total. The number of carboxylic acids is 1. The Bertz CT molecular complexity index is 650. The van der Waals surface area contributed by atoms with E-state index in [9.17, 15) is 14.0 Å². The standard InChI is InChI=1S/C10H5ClFNO3/c11-5-1-2-6(12)7-8(5)13-3-4(9(7)14)10(15)16/h1-3H,(H,13,14)(H,15,16). The fourth-order valence-electron chi connectivity index (χ4n) is 1.42. The molecule has 0 radical (unpaired) electrons. The second-order valence-corrected chi connectivity index (χ2v) is 3.52. The average Bonchev–Trinajstić information content (AvgIpc) is 2.23. The molecule has 2 N–H and O–H groups in total. The van der Waals surface area contributed by atoms with Crippen molar-refractivity contribution in [2.24, 2.45) is 0 Å². The molecule has 16 heavy (non-hydrogen) atoms. The fourth-order valence-corrected chi connectivity index (χ4v) is 1.63. The lowest BCUT2D eigenvalue weighted by Gasteiger charge is -2.02. The number of H-pyrrole nitrogens is 1. The summed E-state index contributed by atoms with van der Waals surface area (Å²) in [6.45, 7) is 0. The van der Waals surface area contributed by atoms with Crippen molar-refractivity contribution in [2.45, 2.75) is 0 Å². The van der Waals surface area contributed by atoms with Crippen molar-refractivity contribution in [3.05, 3.63) is 45.0 Å². The Hall–Kier alpha value is -1.88. The molecule has 0 aliphatic heterocycles. The zero-order valence-corrected chi connectivity index (χ0v) is 8.51. The quantitative estimate of drug-likeness (QED) is 0.802. The van der Waals surface area contributed by atoms with Gasteiger partial charge in [0.15, 0.2) is 0 Å². The number of hydrogen-bond acceptors (Lipinski definition) is 2. The van der Waals surface area contributed by atoms with Crippen molar-refractivity contribution in [1.82, 2.24) is 4.98 Å². The van der Waals surface area contributed by atoms with Gasteiger partial charge in [0.05, 0.1) is 15.9 Å². The number of carboxylic acid groups (broad SMARTS) is 1. The zero-order chi connectivity index (χ0) is 11.9. The number of aromatic nitrogens is 1. The Balaban J connectivity index is 3.00. The van der Waals surface area contributed by atoms with Crippen LogP contribution in [0.4, 0.5) is 4.39 Å². The van der Waals surface area contributed by atoms with Crippen LogP contribution in [0.2, 0.25) is 5.02 Å². The number of nitrogens with one attached hydrogen (secondary N) is 1. The molecule has 1 heterocycles. The largest absolute Gasteiger partial charge is 0.477 e. The van der Waals surface area contributed by atoms with E-state index in [1.807, 2.05) is 0 Å². The molecule has 6 heteroatoms. The number of aromatic amines is 1. The SMILES string of the molecule is O=C(O)c1c[nH]c2c(Cl)ccc(F)c2c1=O. The van der Waals surface area contributed by atoms with Crippen LogP contribution in [0.25, 0.3) is 10.9 Å². The Morgan fingerprint density at radius 3 is 2.75 bits per heavy atom. The van der Waals surface area contributed by atoms with Gasteiger partial charge in [-0.3, -0.25) is 4.79 Å². The minimum atomic E-state index is -1.41. The van der Waals surface area contributed by atoms with Crippen LogP contribution in [0.1, 0.15) is 10.4 Å². The van der Waals surface area contributed by atoms with Crippen LogP contribution in [-0.2, 0) is 0 Å². The van der Waals surface area contributed by atoms with E-state index in [4.69, 9.17) is 16.7 Å². The number of halogens is 2. The molecule has 0 amide bonds. The van der Waals surface area contributed by atoms with E-state index in [-0.39, 0.29) is 15.9 Å². The molecule has 82 valence electrons. The van der Waals surface area contributed by atoms with Crippen LogP contribution in [-0.4, -0.2) is 16.1 Å². The summed E-state index contributed by atoms with van der Waals surface area (Å²) in [6, 6.07) is 2.31. The molecule has 2 rings (SSSR count). The molecule has 2 aromatic rings. The molecule has 0 fully saturated rings. The molecule has 0 saturated carbocycles. The lowest BCUT2D eigenvalue weighted by atomic mass is 10.1. The van der Waals surface area contributed by atoms with Crippen LogP contribution < -0.4 is 5.43 Å². The van der Waals surface area contributed by atoms with Gasteiger partial charge in [-0.1, -0.05) is 11.6 Å². The highest BCUT2D eigenvalue weighted by molar-refractivity contribution is 6.35. The van der Waals surface area contributed by atoms with Crippen LogP contribution in [0.3, 0.4) is 0 Å². The zero-order valence-electron chi connectivity index (χ0n) is 7.75. The molecule has 0 aliphatic rings. The highest BCUT2D eigenvalue weighted by atomic mass is 35.5. The van der Waals surface area contributed by atoms with Gasteiger partial charge < -0.3 is 10.1 Å². The van der Waals surface area contributed by atoms with E-state index in [1.165, 1.54) is 6.07 Å². The van der Waals surface area contributed by atoms with Crippen molar-refractivity contribution in [1.29, 1.82) is 0 Å². The predicted molar refractivity (Wildman–Crippen MR) is 56.5 cm³/mol. The van der Waals surface area contributed by atoms with Gasteiger partial charge in [-0.25, -0.2) is 9.18 Å². The number of aromatic carboxylic acids is 1. The highest BCUT2D eigenvalue weighted by Gasteiger charge is 2.15. The van der Waals surface area contributed by atoms with Crippen molar-refractivity contribution in [3.63, 3.8) is 0 Å². The van der Waals surface area contributed by atoms with Gasteiger partial charge in [-0.05, 0) is 12.1 Å². The van der Waals surface area contributed by atoms with Crippen molar-refractivity contribution < 1.29 is 14.3 Å². The highest BCUT2D eigenvalue weighted by Crippen LogP contribution is 2.21. The Kier molecular flexibility index (Phi) is 2.40. The minimum absolute atomic E-state index is 0.0941. The maximum Gasteiger partial charge on any atom is 0.341 e. The van der Waals surface area contributed by atoms with Gasteiger partial charge in [-0.15, -0.1) is 0 Å². The van der Waals surface area contributed by atoms with E-state index < -0.39 is 22.8 Å². The second kappa shape index (κ2) is 3.61. The summed E-state index contributed by atoms with van der Waals surface area (Å²) < 4.78 is 13.4. The smallest absolute Gasteiger partial charge is 0.341 e. The van der Waals surface area contributed by atoms with Crippen molar-refractivity contribution in [3.8, 4) is 0 Å². The summed E-state index contributed by atoms with van der Waals surface area (Å²) in [7, 11) is 0.